The molecule has 0 spiro atoms. The Morgan fingerprint density at radius 3 is 2.21 bits per heavy atom. The molecule has 0 bridgehead atoms. The number of nitrogens with one attached hydrogen (secondary N) is 2. The second kappa shape index (κ2) is 10.5. The highest BCUT2D eigenvalue weighted by Crippen LogP contribution is 2.18. The minimum absolute atomic E-state index is 0.00243. The molecule has 0 aliphatic rings. The first-order chi connectivity index (χ1) is 11.4. The number of benzene rings is 1. The van der Waals surface area contributed by atoms with Crippen molar-refractivity contribution in [2.24, 2.45) is 5.92 Å². The Morgan fingerprint density at radius 2 is 1.67 bits per heavy atom. The lowest BCUT2D eigenvalue weighted by molar-refractivity contribution is -0.120. The third-order valence-corrected chi connectivity index (χ3v) is 5.50. The number of hydrogen-bond donors (Lipinski definition) is 2. The van der Waals surface area contributed by atoms with Gasteiger partial charge in [0.25, 0.3) is 0 Å². The summed E-state index contributed by atoms with van der Waals surface area (Å²) in [4.78, 5) is 12.5. The van der Waals surface area contributed by atoms with Crippen LogP contribution in [0.2, 0.25) is 0 Å². The van der Waals surface area contributed by atoms with E-state index < -0.39 is 10.0 Å². The van der Waals surface area contributed by atoms with Gasteiger partial charge in [0, 0.05) is 18.2 Å². The van der Waals surface area contributed by atoms with E-state index in [1.54, 1.807) is 12.1 Å². The molecule has 24 heavy (non-hydrogen) atoms. The van der Waals surface area contributed by atoms with Gasteiger partial charge in [0.1, 0.15) is 0 Å². The lowest BCUT2D eigenvalue weighted by atomic mass is 9.98. The van der Waals surface area contributed by atoms with Crippen LogP contribution >= 0.6 is 0 Å². The first kappa shape index (κ1) is 20.6. The molecule has 0 aromatic heterocycles. The molecule has 6 heteroatoms. The first-order valence-electron chi connectivity index (χ1n) is 8.85. The number of hydrogen-bond acceptors (Lipinski definition) is 3. The number of rotatable bonds is 11. The second-order valence-electron chi connectivity index (χ2n) is 6.01. The van der Waals surface area contributed by atoms with Gasteiger partial charge in [-0.1, -0.05) is 40.0 Å². The van der Waals surface area contributed by atoms with Gasteiger partial charge in [-0.25, -0.2) is 13.1 Å². The predicted octanol–water partition coefficient (Wildman–Crippen LogP) is 3.92. The molecule has 0 aliphatic heterocycles. The Balaban J connectivity index is 2.68. The highest BCUT2D eigenvalue weighted by molar-refractivity contribution is 7.89. The van der Waals surface area contributed by atoms with Gasteiger partial charge in [-0.2, -0.15) is 0 Å². The maximum absolute atomic E-state index is 12.3. The van der Waals surface area contributed by atoms with Gasteiger partial charge in [-0.3, -0.25) is 4.79 Å². The number of amides is 1. The van der Waals surface area contributed by atoms with Gasteiger partial charge in [-0.05, 0) is 43.5 Å². The summed E-state index contributed by atoms with van der Waals surface area (Å²) >= 11 is 0. The van der Waals surface area contributed by atoms with Crippen molar-refractivity contribution in [1.82, 2.24) is 4.72 Å². The zero-order valence-electron chi connectivity index (χ0n) is 15.0. The molecule has 136 valence electrons. The van der Waals surface area contributed by atoms with Crippen LogP contribution < -0.4 is 10.0 Å². The largest absolute Gasteiger partial charge is 0.326 e. The Bertz CT molecular complexity index is 597. The molecule has 0 heterocycles. The summed E-state index contributed by atoms with van der Waals surface area (Å²) in [5, 5.41) is 2.88. The minimum atomic E-state index is -3.47. The normalized spacial score (nSPS) is 12.8. The molecule has 0 aliphatic carbocycles. The fourth-order valence-corrected chi connectivity index (χ4v) is 3.47. The summed E-state index contributed by atoms with van der Waals surface area (Å²) < 4.78 is 26.8. The quantitative estimate of drug-likeness (QED) is 0.591. The van der Waals surface area contributed by atoms with Gasteiger partial charge in [-0.15, -0.1) is 0 Å². The Kier molecular flexibility index (Phi) is 9.00. The van der Waals surface area contributed by atoms with E-state index in [4.69, 9.17) is 0 Å². The van der Waals surface area contributed by atoms with E-state index in [0.29, 0.717) is 12.2 Å². The van der Waals surface area contributed by atoms with Crippen LogP contribution in [-0.4, -0.2) is 20.9 Å². The van der Waals surface area contributed by atoms with Crippen LogP contribution in [0.3, 0.4) is 0 Å². The van der Waals surface area contributed by atoms with Gasteiger partial charge < -0.3 is 5.32 Å². The third kappa shape index (κ3) is 6.61. The molecule has 1 atom stereocenters. The number of sulfonamides is 1. The van der Waals surface area contributed by atoms with E-state index in [0.717, 1.165) is 38.5 Å². The van der Waals surface area contributed by atoms with Crippen molar-refractivity contribution >= 4 is 21.6 Å². The van der Waals surface area contributed by atoms with Crippen molar-refractivity contribution in [1.29, 1.82) is 0 Å². The zero-order chi connectivity index (χ0) is 18.0. The van der Waals surface area contributed by atoms with Crippen LogP contribution in [0, 0.1) is 5.92 Å². The molecular weight excluding hydrogens is 324 g/mol. The Morgan fingerprint density at radius 1 is 1.04 bits per heavy atom. The molecule has 0 saturated carbocycles. The van der Waals surface area contributed by atoms with Gasteiger partial charge in [0.05, 0.1) is 4.90 Å². The monoisotopic (exact) mass is 354 g/mol. The average Bonchev–Trinajstić information content (AvgIpc) is 2.56. The van der Waals surface area contributed by atoms with E-state index >= 15 is 0 Å². The van der Waals surface area contributed by atoms with E-state index in [1.165, 1.54) is 12.1 Å². The lowest BCUT2D eigenvalue weighted by Crippen LogP contribution is -2.25. The van der Waals surface area contributed by atoms with Crippen LogP contribution in [0.1, 0.15) is 59.3 Å². The van der Waals surface area contributed by atoms with Gasteiger partial charge in [0.15, 0.2) is 0 Å². The number of carbonyl (C=O) groups excluding carboxylic acids is 1. The third-order valence-electron chi connectivity index (χ3n) is 4.02. The van der Waals surface area contributed by atoms with Crippen LogP contribution in [0.25, 0.3) is 0 Å². The molecule has 1 amide bonds. The van der Waals surface area contributed by atoms with Crippen LogP contribution in [-0.2, 0) is 14.8 Å². The Labute approximate surface area is 146 Å². The smallest absolute Gasteiger partial charge is 0.240 e. The second-order valence-corrected chi connectivity index (χ2v) is 7.78. The van der Waals surface area contributed by atoms with Gasteiger partial charge >= 0.3 is 0 Å². The van der Waals surface area contributed by atoms with Crippen molar-refractivity contribution in [3.63, 3.8) is 0 Å². The topological polar surface area (TPSA) is 75.3 Å². The van der Waals surface area contributed by atoms with E-state index in [9.17, 15) is 13.2 Å². The van der Waals surface area contributed by atoms with E-state index in [-0.39, 0.29) is 16.7 Å². The Hall–Kier alpha value is -1.40. The van der Waals surface area contributed by atoms with Crippen molar-refractivity contribution in [3.05, 3.63) is 24.3 Å². The van der Waals surface area contributed by atoms with Crippen LogP contribution in [0.15, 0.2) is 29.2 Å². The molecule has 1 rings (SSSR count). The molecule has 0 saturated heterocycles. The molecule has 0 radical (unpaired) electrons. The highest BCUT2D eigenvalue weighted by atomic mass is 32.2. The zero-order valence-corrected chi connectivity index (χ0v) is 15.8. The first-order valence-corrected chi connectivity index (χ1v) is 10.3. The highest BCUT2D eigenvalue weighted by Gasteiger charge is 2.17. The number of unbranched alkanes of at least 4 members (excludes halogenated alkanes) is 2. The number of anilines is 1. The summed E-state index contributed by atoms with van der Waals surface area (Å²) in [6.07, 6.45) is 5.54. The number of carbonyl (C=O) groups is 1. The van der Waals surface area contributed by atoms with Crippen molar-refractivity contribution in [2.75, 3.05) is 11.9 Å². The fourth-order valence-electron chi connectivity index (χ4n) is 2.40. The summed E-state index contributed by atoms with van der Waals surface area (Å²) in [7, 11) is -3.47. The maximum Gasteiger partial charge on any atom is 0.240 e. The lowest BCUT2D eigenvalue weighted by Gasteiger charge is -2.15. The minimum Gasteiger partial charge on any atom is -0.326 e. The van der Waals surface area contributed by atoms with Gasteiger partial charge in [0.2, 0.25) is 15.9 Å². The molecule has 2 N–H and O–H groups in total. The fraction of sp³-hybridized carbons (Fsp3) is 0.611. The van der Waals surface area contributed by atoms with Crippen LogP contribution in [0.5, 0.6) is 0 Å². The molecule has 5 nitrogen and oxygen atoms in total. The maximum atomic E-state index is 12.3. The summed E-state index contributed by atoms with van der Waals surface area (Å²) in [6.45, 7) is 6.57. The molecular formula is C18H30N2O3S. The SMILES string of the molecule is CCCCNS(=O)(=O)c1ccc(NC(=O)[C@@H](CC)CCCC)cc1. The summed E-state index contributed by atoms with van der Waals surface area (Å²) in [5.74, 6) is 0.00620. The average molecular weight is 355 g/mol. The predicted molar refractivity (Wildman–Crippen MR) is 98.5 cm³/mol. The molecule has 1 aromatic rings. The standard InChI is InChI=1S/C18H30N2O3S/c1-4-7-9-15(6-3)18(21)20-16-10-12-17(13-11-16)24(22,23)19-14-8-5-2/h10-13,15,19H,4-9,14H2,1-3H3,(H,20,21)/t15-/m0/s1. The molecule has 0 fully saturated rings. The summed E-state index contributed by atoms with van der Waals surface area (Å²) in [5.41, 5.74) is 0.627. The van der Waals surface area contributed by atoms with Crippen molar-refractivity contribution < 1.29 is 13.2 Å². The summed E-state index contributed by atoms with van der Waals surface area (Å²) in [6, 6.07) is 6.32. The molecule has 1 aromatic carbocycles. The van der Waals surface area contributed by atoms with Crippen molar-refractivity contribution in [2.45, 2.75) is 64.2 Å². The van der Waals surface area contributed by atoms with E-state index in [1.807, 2.05) is 13.8 Å². The van der Waals surface area contributed by atoms with Crippen molar-refractivity contribution in [3.8, 4) is 0 Å². The van der Waals surface area contributed by atoms with E-state index in [2.05, 4.69) is 17.0 Å². The van der Waals surface area contributed by atoms with Crippen LogP contribution in [0.4, 0.5) is 5.69 Å². The molecule has 0 unspecified atom stereocenters.